The number of carbonyl (C=O) groups excluding carboxylic acids is 2. The number of benzene rings is 1. The lowest BCUT2D eigenvalue weighted by Gasteiger charge is -2.36. The van der Waals surface area contributed by atoms with Crippen LogP contribution in [0, 0.1) is 0 Å². The van der Waals surface area contributed by atoms with Crippen LogP contribution in [0.15, 0.2) is 24.3 Å². The average Bonchev–Trinajstić information content (AvgIpc) is 3.21. The summed E-state index contributed by atoms with van der Waals surface area (Å²) in [5.41, 5.74) is 0.645. The van der Waals surface area contributed by atoms with Crippen LogP contribution in [0.2, 0.25) is 0 Å². The zero-order chi connectivity index (χ0) is 23.1. The molecule has 2 amide bonds. The average molecular weight is 450 g/mol. The third-order valence-electron chi connectivity index (χ3n) is 5.44. The Morgan fingerprint density at radius 2 is 1.56 bits per heavy atom. The molecule has 1 aromatic rings. The van der Waals surface area contributed by atoms with Gasteiger partial charge in [-0.3, -0.25) is 9.59 Å². The summed E-state index contributed by atoms with van der Waals surface area (Å²) in [4.78, 5) is 25.1. The van der Waals surface area contributed by atoms with Crippen LogP contribution in [-0.4, -0.2) is 67.7 Å². The maximum Gasteiger partial charge on any atom is 0.252 e. The quantitative estimate of drug-likeness (QED) is 0.671. The molecule has 0 aromatic heterocycles. The van der Waals surface area contributed by atoms with Gasteiger partial charge in [0.15, 0.2) is 24.0 Å². The summed E-state index contributed by atoms with van der Waals surface area (Å²) in [7, 11) is 1.57. The third kappa shape index (κ3) is 4.89. The molecule has 3 aliphatic rings. The minimum absolute atomic E-state index is 0.0974. The van der Waals surface area contributed by atoms with Gasteiger partial charge in [-0.25, -0.2) is 0 Å². The van der Waals surface area contributed by atoms with E-state index in [1.807, 2.05) is 0 Å². The van der Waals surface area contributed by atoms with E-state index in [2.05, 4.69) is 10.6 Å². The van der Waals surface area contributed by atoms with Gasteiger partial charge in [0.1, 0.15) is 24.1 Å². The van der Waals surface area contributed by atoms with Crippen LogP contribution >= 0.6 is 0 Å². The molecule has 4 rings (SSSR count). The molecule has 0 unspecified atom stereocenters. The molecule has 0 radical (unpaired) electrons. The number of carbonyl (C=O) groups is 2. The third-order valence-corrected chi connectivity index (χ3v) is 5.44. The molecule has 3 aliphatic heterocycles. The van der Waals surface area contributed by atoms with E-state index in [9.17, 15) is 9.59 Å². The highest BCUT2D eigenvalue weighted by molar-refractivity contribution is 5.91. The van der Waals surface area contributed by atoms with Crippen molar-refractivity contribution >= 4 is 17.5 Å². The predicted octanol–water partition coefficient (Wildman–Crippen LogP) is 1.54. The zero-order valence-corrected chi connectivity index (χ0v) is 18.9. The largest absolute Gasteiger partial charge is 0.497 e. The summed E-state index contributed by atoms with van der Waals surface area (Å²) in [6.07, 6.45) is -3.28. The van der Waals surface area contributed by atoms with Crippen molar-refractivity contribution in [2.45, 2.75) is 76.4 Å². The van der Waals surface area contributed by atoms with E-state index in [-0.39, 0.29) is 18.9 Å². The predicted molar refractivity (Wildman–Crippen MR) is 112 cm³/mol. The molecule has 3 heterocycles. The number of hydrogen-bond acceptors (Lipinski definition) is 8. The Balaban J connectivity index is 1.32. The first-order chi connectivity index (χ1) is 15.1. The number of fused-ring (bicyclic) bond motifs is 3. The van der Waals surface area contributed by atoms with E-state index in [1.165, 1.54) is 0 Å². The fourth-order valence-electron chi connectivity index (χ4n) is 4.12. The van der Waals surface area contributed by atoms with Crippen LogP contribution in [-0.2, 0) is 33.3 Å². The topological polar surface area (TPSA) is 114 Å². The van der Waals surface area contributed by atoms with Gasteiger partial charge < -0.3 is 39.1 Å². The van der Waals surface area contributed by atoms with Crippen molar-refractivity contribution in [2.24, 2.45) is 0 Å². The van der Waals surface area contributed by atoms with E-state index in [4.69, 9.17) is 28.4 Å². The molecule has 1 aromatic carbocycles. The van der Waals surface area contributed by atoms with Gasteiger partial charge in [0.05, 0.1) is 7.11 Å². The van der Waals surface area contributed by atoms with Crippen molar-refractivity contribution in [1.82, 2.24) is 5.32 Å². The summed E-state index contributed by atoms with van der Waals surface area (Å²) in [5, 5.41) is 5.53. The van der Waals surface area contributed by atoms with Gasteiger partial charge >= 0.3 is 0 Å². The highest BCUT2D eigenvalue weighted by Gasteiger charge is 2.62. The van der Waals surface area contributed by atoms with Crippen LogP contribution in [0.1, 0.15) is 34.1 Å². The molecule has 10 nitrogen and oxygen atoms in total. The van der Waals surface area contributed by atoms with E-state index in [1.54, 1.807) is 59.1 Å². The maximum atomic E-state index is 12.9. The van der Waals surface area contributed by atoms with Crippen molar-refractivity contribution in [2.75, 3.05) is 19.0 Å². The Labute approximate surface area is 186 Å². The Hall–Kier alpha value is -2.24. The van der Waals surface area contributed by atoms with Gasteiger partial charge in [-0.15, -0.1) is 0 Å². The van der Waals surface area contributed by atoms with Gasteiger partial charge in [0, 0.05) is 18.7 Å². The zero-order valence-electron chi connectivity index (χ0n) is 18.9. The first-order valence-corrected chi connectivity index (χ1v) is 10.7. The van der Waals surface area contributed by atoms with Gasteiger partial charge in [-0.1, -0.05) is 0 Å². The van der Waals surface area contributed by atoms with E-state index in [0.29, 0.717) is 11.4 Å². The number of amides is 2. The SMILES string of the molecule is COc1ccc(NC(=O)CCNC(=O)[C@@H]2O[C@@H]3OC(C)(C)O[C@@H]3[C@@H]3OC(C)(C)O[C@@H]32)cc1. The van der Waals surface area contributed by atoms with Gasteiger partial charge in [0.25, 0.3) is 5.91 Å². The van der Waals surface area contributed by atoms with Gasteiger partial charge in [0.2, 0.25) is 5.91 Å². The van der Waals surface area contributed by atoms with E-state index in [0.717, 1.165) is 0 Å². The Kier molecular flexibility index (Phi) is 6.17. The van der Waals surface area contributed by atoms with Crippen molar-refractivity contribution in [3.05, 3.63) is 24.3 Å². The van der Waals surface area contributed by atoms with Crippen molar-refractivity contribution in [1.29, 1.82) is 0 Å². The normalized spacial score (nSPS) is 32.0. The molecular weight excluding hydrogens is 420 g/mol. The second kappa shape index (κ2) is 8.60. The lowest BCUT2D eigenvalue weighted by Crippen LogP contribution is -2.59. The van der Waals surface area contributed by atoms with Gasteiger partial charge in [-0.05, 0) is 52.0 Å². The minimum atomic E-state index is -0.954. The Morgan fingerprint density at radius 1 is 0.938 bits per heavy atom. The van der Waals surface area contributed by atoms with Crippen molar-refractivity contribution in [3.63, 3.8) is 0 Å². The van der Waals surface area contributed by atoms with E-state index < -0.39 is 48.2 Å². The highest BCUT2D eigenvalue weighted by atomic mass is 16.9. The number of methoxy groups -OCH3 is 1. The summed E-state index contributed by atoms with van der Waals surface area (Å²) in [5.74, 6) is -1.68. The Morgan fingerprint density at radius 3 is 2.25 bits per heavy atom. The van der Waals surface area contributed by atoms with Crippen LogP contribution in [0.3, 0.4) is 0 Å². The number of rotatable bonds is 6. The molecule has 0 aliphatic carbocycles. The van der Waals surface area contributed by atoms with Crippen LogP contribution < -0.4 is 15.4 Å². The summed E-state index contributed by atoms with van der Waals surface area (Å²) in [6, 6.07) is 6.99. The molecular formula is C22H30N2O8. The molecule has 176 valence electrons. The fourth-order valence-corrected chi connectivity index (χ4v) is 4.12. The Bertz CT molecular complexity index is 856. The molecule has 10 heteroatoms. The molecule has 3 fully saturated rings. The molecule has 5 atom stereocenters. The van der Waals surface area contributed by atoms with Crippen LogP contribution in [0.4, 0.5) is 5.69 Å². The molecule has 0 spiro atoms. The number of anilines is 1. The summed E-state index contributed by atoms with van der Waals surface area (Å²) >= 11 is 0. The highest BCUT2D eigenvalue weighted by Crippen LogP contribution is 2.44. The van der Waals surface area contributed by atoms with Gasteiger partial charge in [-0.2, -0.15) is 0 Å². The molecule has 32 heavy (non-hydrogen) atoms. The summed E-state index contributed by atoms with van der Waals surface area (Å²) < 4.78 is 34.7. The number of nitrogens with one attached hydrogen (secondary N) is 2. The summed E-state index contributed by atoms with van der Waals surface area (Å²) in [6.45, 7) is 7.25. The van der Waals surface area contributed by atoms with Crippen molar-refractivity contribution < 1.29 is 38.0 Å². The second-order valence-corrected chi connectivity index (χ2v) is 8.91. The van der Waals surface area contributed by atoms with Crippen LogP contribution in [0.25, 0.3) is 0 Å². The second-order valence-electron chi connectivity index (χ2n) is 8.91. The molecule has 2 N–H and O–H groups in total. The smallest absolute Gasteiger partial charge is 0.252 e. The first-order valence-electron chi connectivity index (χ1n) is 10.7. The van der Waals surface area contributed by atoms with Crippen LogP contribution in [0.5, 0.6) is 5.75 Å². The lowest BCUT2D eigenvalue weighted by atomic mass is 9.98. The molecule has 0 saturated carbocycles. The first kappa shape index (κ1) is 22.9. The lowest BCUT2D eigenvalue weighted by molar-refractivity contribution is -0.231. The number of ether oxygens (including phenoxy) is 6. The standard InChI is InChI=1S/C22H30N2O8/c1-21(2)29-15-16(30-21)18-20(32-22(3,4)31-18)28-17(15)19(26)23-11-10-14(25)24-12-6-8-13(27-5)9-7-12/h6-9,15-18,20H,10-11H2,1-5H3,(H,23,26)(H,24,25)/t15-,16+,17+,18+,20+/m0/s1. The molecule has 0 bridgehead atoms. The number of hydrogen-bond donors (Lipinski definition) is 2. The fraction of sp³-hybridized carbons (Fsp3) is 0.636. The van der Waals surface area contributed by atoms with E-state index >= 15 is 0 Å². The monoisotopic (exact) mass is 450 g/mol. The van der Waals surface area contributed by atoms with Crippen molar-refractivity contribution in [3.8, 4) is 5.75 Å². The maximum absolute atomic E-state index is 12.9. The molecule has 3 saturated heterocycles. The minimum Gasteiger partial charge on any atom is -0.497 e.